The number of methoxy groups -OCH3 is 1. The van der Waals surface area contributed by atoms with Crippen LogP contribution in [0.25, 0.3) is 0 Å². The number of nitrogens with two attached hydrogens (primary N) is 1. The predicted molar refractivity (Wildman–Crippen MR) is 52.5 cm³/mol. The number of thiophene rings is 1. The van der Waals surface area contributed by atoms with Crippen LogP contribution < -0.4 is 5.73 Å². The lowest BCUT2D eigenvalue weighted by atomic mass is 10.1. The van der Waals surface area contributed by atoms with E-state index in [-0.39, 0.29) is 12.0 Å². The highest BCUT2D eigenvalue weighted by atomic mass is 32.1. The Morgan fingerprint density at radius 2 is 2.54 bits per heavy atom. The van der Waals surface area contributed by atoms with Gasteiger partial charge in [-0.15, -0.1) is 0 Å². The molecule has 1 atom stereocenters. The van der Waals surface area contributed by atoms with Gasteiger partial charge in [0, 0.05) is 12.5 Å². The number of carbonyl (C=O) groups excluding carboxylic acids is 1. The largest absolute Gasteiger partial charge is 0.469 e. The Bertz CT molecular complexity index is 259. The van der Waals surface area contributed by atoms with Gasteiger partial charge in [0.25, 0.3) is 0 Å². The first kappa shape index (κ1) is 10.2. The highest BCUT2D eigenvalue weighted by Crippen LogP contribution is 2.18. The van der Waals surface area contributed by atoms with Crippen molar-refractivity contribution < 1.29 is 9.53 Å². The zero-order valence-electron chi connectivity index (χ0n) is 7.53. The van der Waals surface area contributed by atoms with E-state index in [0.29, 0.717) is 12.8 Å². The molecular formula is C9H13NO2S. The quantitative estimate of drug-likeness (QED) is 0.751. The molecule has 72 valence electrons. The summed E-state index contributed by atoms with van der Waals surface area (Å²) in [7, 11) is 1.39. The fourth-order valence-corrected chi connectivity index (χ4v) is 1.75. The van der Waals surface area contributed by atoms with Crippen LogP contribution in [0.15, 0.2) is 16.8 Å². The summed E-state index contributed by atoms with van der Waals surface area (Å²) in [5.41, 5.74) is 6.93. The molecule has 1 aromatic heterocycles. The van der Waals surface area contributed by atoms with Crippen molar-refractivity contribution in [1.29, 1.82) is 0 Å². The second-order valence-corrected chi connectivity index (χ2v) is 3.56. The average molecular weight is 199 g/mol. The molecule has 1 heterocycles. The van der Waals surface area contributed by atoms with Crippen LogP contribution in [-0.2, 0) is 9.53 Å². The van der Waals surface area contributed by atoms with E-state index in [1.807, 2.05) is 16.8 Å². The molecule has 0 aromatic carbocycles. The lowest BCUT2D eigenvalue weighted by Crippen LogP contribution is -2.12. The van der Waals surface area contributed by atoms with Gasteiger partial charge in [-0.05, 0) is 28.8 Å². The summed E-state index contributed by atoms with van der Waals surface area (Å²) in [6.07, 6.45) is 1.02. The first-order valence-corrected chi connectivity index (χ1v) is 5.03. The summed E-state index contributed by atoms with van der Waals surface area (Å²) in [5.74, 6) is -0.203. The third-order valence-electron chi connectivity index (χ3n) is 1.86. The molecule has 0 aliphatic heterocycles. The van der Waals surface area contributed by atoms with Crippen LogP contribution in [0.1, 0.15) is 24.4 Å². The maximum atomic E-state index is 10.8. The van der Waals surface area contributed by atoms with E-state index in [4.69, 9.17) is 5.73 Å². The third kappa shape index (κ3) is 3.16. The lowest BCUT2D eigenvalue weighted by molar-refractivity contribution is -0.140. The van der Waals surface area contributed by atoms with Crippen LogP contribution in [-0.4, -0.2) is 13.1 Å². The van der Waals surface area contributed by atoms with Crippen molar-refractivity contribution in [3.05, 3.63) is 22.4 Å². The molecule has 0 spiro atoms. The van der Waals surface area contributed by atoms with Gasteiger partial charge >= 0.3 is 5.97 Å². The molecule has 1 aromatic rings. The summed E-state index contributed by atoms with van der Waals surface area (Å²) in [6, 6.07) is 1.93. The van der Waals surface area contributed by atoms with Gasteiger partial charge in [0.15, 0.2) is 0 Å². The predicted octanol–water partition coefficient (Wildman–Crippen LogP) is 1.70. The van der Waals surface area contributed by atoms with Crippen LogP contribution in [0, 0.1) is 0 Å². The molecule has 0 radical (unpaired) electrons. The standard InChI is InChI=1S/C9H13NO2S/c1-12-9(11)3-2-8(10)7-4-5-13-6-7/h4-6,8H,2-3,10H2,1H3. The second-order valence-electron chi connectivity index (χ2n) is 2.78. The van der Waals surface area contributed by atoms with Crippen molar-refractivity contribution in [3.8, 4) is 0 Å². The molecule has 0 aliphatic rings. The number of hydrogen-bond donors (Lipinski definition) is 1. The number of carbonyl (C=O) groups is 1. The van der Waals surface area contributed by atoms with Crippen molar-refractivity contribution in [2.75, 3.05) is 7.11 Å². The van der Waals surface area contributed by atoms with Gasteiger partial charge in [-0.2, -0.15) is 11.3 Å². The van der Waals surface area contributed by atoms with E-state index < -0.39 is 0 Å². The van der Waals surface area contributed by atoms with Crippen LogP contribution in [0.3, 0.4) is 0 Å². The van der Waals surface area contributed by atoms with Crippen molar-refractivity contribution in [1.82, 2.24) is 0 Å². The number of ether oxygens (including phenoxy) is 1. The SMILES string of the molecule is COC(=O)CCC(N)c1ccsc1. The van der Waals surface area contributed by atoms with E-state index >= 15 is 0 Å². The van der Waals surface area contributed by atoms with Crippen LogP contribution in [0.2, 0.25) is 0 Å². The van der Waals surface area contributed by atoms with Crippen LogP contribution in [0.4, 0.5) is 0 Å². The highest BCUT2D eigenvalue weighted by Gasteiger charge is 2.08. The minimum atomic E-state index is -0.203. The van der Waals surface area contributed by atoms with E-state index in [1.165, 1.54) is 7.11 Å². The van der Waals surface area contributed by atoms with Crippen LogP contribution >= 0.6 is 11.3 Å². The van der Waals surface area contributed by atoms with E-state index in [0.717, 1.165) is 5.56 Å². The Hall–Kier alpha value is -0.870. The molecule has 4 heteroatoms. The molecular weight excluding hydrogens is 186 g/mol. The smallest absolute Gasteiger partial charge is 0.305 e. The minimum absolute atomic E-state index is 0.0506. The molecule has 3 nitrogen and oxygen atoms in total. The van der Waals surface area contributed by atoms with Gasteiger partial charge in [-0.25, -0.2) is 0 Å². The van der Waals surface area contributed by atoms with Crippen molar-refractivity contribution in [2.45, 2.75) is 18.9 Å². The van der Waals surface area contributed by atoms with Gasteiger partial charge in [0.05, 0.1) is 7.11 Å². The molecule has 0 amide bonds. The first-order valence-electron chi connectivity index (χ1n) is 4.08. The highest BCUT2D eigenvalue weighted by molar-refractivity contribution is 7.07. The molecule has 0 saturated heterocycles. The van der Waals surface area contributed by atoms with Gasteiger partial charge in [-0.1, -0.05) is 0 Å². The van der Waals surface area contributed by atoms with E-state index in [9.17, 15) is 4.79 Å². The summed E-state index contributed by atoms with van der Waals surface area (Å²) in [5, 5.41) is 3.98. The number of esters is 1. The molecule has 0 fully saturated rings. The summed E-state index contributed by atoms with van der Waals surface area (Å²) in [4.78, 5) is 10.8. The van der Waals surface area contributed by atoms with Crippen molar-refractivity contribution in [2.24, 2.45) is 5.73 Å². The average Bonchev–Trinajstić information content (AvgIpc) is 2.66. The molecule has 0 aliphatic carbocycles. The van der Waals surface area contributed by atoms with Crippen molar-refractivity contribution in [3.63, 3.8) is 0 Å². The summed E-state index contributed by atoms with van der Waals surface area (Å²) >= 11 is 1.61. The second kappa shape index (κ2) is 4.99. The molecule has 0 saturated carbocycles. The Morgan fingerprint density at radius 1 is 1.77 bits per heavy atom. The summed E-state index contributed by atoms with van der Waals surface area (Å²) in [6.45, 7) is 0. The lowest BCUT2D eigenvalue weighted by Gasteiger charge is -2.07. The zero-order chi connectivity index (χ0) is 9.68. The Kier molecular flexibility index (Phi) is 3.92. The maximum Gasteiger partial charge on any atom is 0.305 e. The molecule has 1 rings (SSSR count). The van der Waals surface area contributed by atoms with Gasteiger partial charge < -0.3 is 10.5 Å². The maximum absolute atomic E-state index is 10.8. The monoisotopic (exact) mass is 199 g/mol. The van der Waals surface area contributed by atoms with Crippen LogP contribution in [0.5, 0.6) is 0 Å². The fourth-order valence-electron chi connectivity index (χ4n) is 1.03. The molecule has 1 unspecified atom stereocenters. The van der Waals surface area contributed by atoms with Gasteiger partial charge in [-0.3, -0.25) is 4.79 Å². The third-order valence-corrected chi connectivity index (χ3v) is 2.56. The fraction of sp³-hybridized carbons (Fsp3) is 0.444. The first-order chi connectivity index (χ1) is 6.24. The van der Waals surface area contributed by atoms with E-state index in [1.54, 1.807) is 11.3 Å². The molecule has 2 N–H and O–H groups in total. The Balaban J connectivity index is 2.34. The van der Waals surface area contributed by atoms with E-state index in [2.05, 4.69) is 4.74 Å². The number of rotatable bonds is 4. The summed E-state index contributed by atoms with van der Waals surface area (Å²) < 4.78 is 4.53. The Labute approximate surface area is 81.5 Å². The van der Waals surface area contributed by atoms with Gasteiger partial charge in [0.1, 0.15) is 0 Å². The Morgan fingerprint density at radius 3 is 3.08 bits per heavy atom. The molecule has 0 bridgehead atoms. The zero-order valence-corrected chi connectivity index (χ0v) is 8.34. The molecule has 13 heavy (non-hydrogen) atoms. The topological polar surface area (TPSA) is 52.3 Å². The van der Waals surface area contributed by atoms with Crippen molar-refractivity contribution >= 4 is 17.3 Å². The number of hydrogen-bond acceptors (Lipinski definition) is 4. The normalized spacial score (nSPS) is 12.5. The minimum Gasteiger partial charge on any atom is -0.469 e. The van der Waals surface area contributed by atoms with Gasteiger partial charge in [0.2, 0.25) is 0 Å².